The summed E-state index contributed by atoms with van der Waals surface area (Å²) in [5.41, 5.74) is 0.356. The molecule has 0 aliphatic rings. The van der Waals surface area contributed by atoms with Crippen molar-refractivity contribution in [2.45, 2.75) is 90.5 Å². The lowest BCUT2D eigenvalue weighted by molar-refractivity contribution is -0.145. The van der Waals surface area contributed by atoms with Crippen molar-refractivity contribution in [1.82, 2.24) is 5.32 Å². The minimum Gasteiger partial charge on any atom is -0.464 e. The van der Waals surface area contributed by atoms with Crippen LogP contribution in [0, 0.1) is 0 Å². The molecule has 5 heteroatoms. The average Bonchev–Trinajstić information content (AvgIpc) is 2.68. The zero-order valence-corrected chi connectivity index (χ0v) is 18.2. The van der Waals surface area contributed by atoms with Crippen LogP contribution < -0.4 is 5.32 Å². The van der Waals surface area contributed by atoms with E-state index in [-0.39, 0.29) is 5.91 Å². The van der Waals surface area contributed by atoms with E-state index in [0.29, 0.717) is 17.2 Å². The first kappa shape index (κ1) is 24.5. The summed E-state index contributed by atoms with van der Waals surface area (Å²) in [5, 5.41) is 2.99. The summed E-state index contributed by atoms with van der Waals surface area (Å²) in [6.45, 7) is 4.27. The van der Waals surface area contributed by atoms with Crippen molar-refractivity contribution >= 4 is 23.5 Å². The normalized spacial score (nSPS) is 11.8. The Kier molecular flexibility index (Phi) is 13.5. The molecule has 0 radical (unpaired) electrons. The second-order valence-corrected chi connectivity index (χ2v) is 7.79. The molecule has 0 saturated heterocycles. The van der Waals surface area contributed by atoms with Crippen molar-refractivity contribution in [2.24, 2.45) is 0 Å². The van der Waals surface area contributed by atoms with Gasteiger partial charge in [-0.1, -0.05) is 94.9 Å². The van der Waals surface area contributed by atoms with Gasteiger partial charge in [-0.25, -0.2) is 4.79 Å². The summed E-state index contributed by atoms with van der Waals surface area (Å²) in [6.07, 6.45) is 13.8. The molecule has 0 unspecified atom stereocenters. The maximum atomic E-state index is 12.2. The highest BCUT2D eigenvalue weighted by atomic mass is 35.5. The predicted octanol–water partition coefficient (Wildman–Crippen LogP) is 6.31. The van der Waals surface area contributed by atoms with Gasteiger partial charge in [0.1, 0.15) is 6.04 Å². The fourth-order valence-electron chi connectivity index (χ4n) is 3.04. The number of ether oxygens (including phenoxy) is 1. The van der Waals surface area contributed by atoms with E-state index in [1.54, 1.807) is 31.2 Å². The molecule has 0 aliphatic carbocycles. The molecular weight excluding hydrogens is 374 g/mol. The van der Waals surface area contributed by atoms with Gasteiger partial charge in [0.05, 0.1) is 17.2 Å². The molecule has 1 N–H and O–H groups in total. The first-order valence-electron chi connectivity index (χ1n) is 10.8. The number of esters is 1. The minimum atomic E-state index is -0.698. The third kappa shape index (κ3) is 10.7. The second-order valence-electron chi connectivity index (χ2n) is 7.38. The topological polar surface area (TPSA) is 55.4 Å². The Balaban J connectivity index is 2.04. The maximum Gasteiger partial charge on any atom is 0.328 e. The van der Waals surface area contributed by atoms with Gasteiger partial charge in [-0.05, 0) is 25.5 Å². The summed E-state index contributed by atoms with van der Waals surface area (Å²) >= 11 is 6.00. The van der Waals surface area contributed by atoms with Gasteiger partial charge in [0.25, 0.3) is 5.91 Å². The summed E-state index contributed by atoms with van der Waals surface area (Å²) in [4.78, 5) is 24.2. The standard InChI is InChI=1S/C23H36ClNO3/c1-3-4-5-6-7-8-9-10-11-12-15-18-28-23(27)19(2)25-22(26)20-16-13-14-17-21(20)24/h13-14,16-17,19H,3-12,15,18H2,1-2H3,(H,25,26)/t19-/m0/s1. The van der Waals surface area contributed by atoms with Gasteiger partial charge in [0, 0.05) is 0 Å². The van der Waals surface area contributed by atoms with Gasteiger partial charge in [0.2, 0.25) is 0 Å². The van der Waals surface area contributed by atoms with E-state index in [9.17, 15) is 9.59 Å². The lowest BCUT2D eigenvalue weighted by atomic mass is 10.1. The van der Waals surface area contributed by atoms with Crippen molar-refractivity contribution < 1.29 is 14.3 Å². The van der Waals surface area contributed by atoms with Crippen LogP contribution in [0.2, 0.25) is 5.02 Å². The molecule has 28 heavy (non-hydrogen) atoms. The number of nitrogens with one attached hydrogen (secondary N) is 1. The number of hydrogen-bond donors (Lipinski definition) is 1. The molecule has 0 heterocycles. The number of unbranched alkanes of at least 4 members (excludes halogenated alkanes) is 10. The Morgan fingerprint density at radius 1 is 0.929 bits per heavy atom. The molecule has 1 rings (SSSR count). The van der Waals surface area contributed by atoms with Crippen molar-refractivity contribution in [2.75, 3.05) is 6.61 Å². The average molecular weight is 410 g/mol. The smallest absolute Gasteiger partial charge is 0.328 e. The highest BCUT2D eigenvalue weighted by molar-refractivity contribution is 6.33. The molecule has 1 amide bonds. The summed E-state index contributed by atoms with van der Waals surface area (Å²) in [7, 11) is 0. The molecule has 0 aromatic heterocycles. The first-order chi connectivity index (χ1) is 13.6. The van der Waals surface area contributed by atoms with Crippen molar-refractivity contribution in [1.29, 1.82) is 0 Å². The molecule has 1 aromatic rings. The van der Waals surface area contributed by atoms with Gasteiger partial charge >= 0.3 is 5.97 Å². The number of rotatable bonds is 15. The first-order valence-corrected chi connectivity index (χ1v) is 11.2. The molecular formula is C23H36ClNO3. The summed E-state index contributed by atoms with van der Waals surface area (Å²) < 4.78 is 5.27. The third-order valence-electron chi connectivity index (χ3n) is 4.81. The monoisotopic (exact) mass is 409 g/mol. The van der Waals surface area contributed by atoms with E-state index in [1.807, 2.05) is 0 Å². The number of benzene rings is 1. The third-order valence-corrected chi connectivity index (χ3v) is 5.14. The Hall–Kier alpha value is -1.55. The van der Waals surface area contributed by atoms with E-state index in [2.05, 4.69) is 12.2 Å². The molecule has 1 atom stereocenters. The zero-order valence-electron chi connectivity index (χ0n) is 17.5. The quantitative estimate of drug-likeness (QED) is 0.272. The lowest BCUT2D eigenvalue weighted by Gasteiger charge is -2.14. The number of hydrogen-bond acceptors (Lipinski definition) is 3. The van der Waals surface area contributed by atoms with Crippen LogP contribution in [-0.4, -0.2) is 24.5 Å². The van der Waals surface area contributed by atoms with Gasteiger partial charge in [-0.3, -0.25) is 4.79 Å². The van der Waals surface area contributed by atoms with Crippen LogP contribution in [0.5, 0.6) is 0 Å². The van der Waals surface area contributed by atoms with Crippen molar-refractivity contribution in [3.63, 3.8) is 0 Å². The van der Waals surface area contributed by atoms with Crippen LogP contribution in [-0.2, 0) is 9.53 Å². The molecule has 0 bridgehead atoms. The maximum absolute atomic E-state index is 12.2. The Bertz CT molecular complexity index is 577. The van der Waals surface area contributed by atoms with Gasteiger partial charge in [-0.15, -0.1) is 0 Å². The van der Waals surface area contributed by atoms with Gasteiger partial charge < -0.3 is 10.1 Å². The van der Waals surface area contributed by atoms with Gasteiger partial charge in [0.15, 0.2) is 0 Å². The van der Waals surface area contributed by atoms with E-state index in [4.69, 9.17) is 16.3 Å². The fraction of sp³-hybridized carbons (Fsp3) is 0.652. The molecule has 0 spiro atoms. The summed E-state index contributed by atoms with van der Waals surface area (Å²) in [6, 6.07) is 6.06. The van der Waals surface area contributed by atoms with E-state index < -0.39 is 12.0 Å². The predicted molar refractivity (Wildman–Crippen MR) is 116 cm³/mol. The van der Waals surface area contributed by atoms with Gasteiger partial charge in [-0.2, -0.15) is 0 Å². The molecule has 0 aliphatic heterocycles. The highest BCUT2D eigenvalue weighted by Gasteiger charge is 2.19. The Morgan fingerprint density at radius 3 is 2.04 bits per heavy atom. The van der Waals surface area contributed by atoms with Crippen LogP contribution in [0.25, 0.3) is 0 Å². The summed E-state index contributed by atoms with van der Waals surface area (Å²) in [5.74, 6) is -0.780. The zero-order chi connectivity index (χ0) is 20.6. The van der Waals surface area contributed by atoms with Crippen LogP contribution in [0.4, 0.5) is 0 Å². The molecule has 1 aromatic carbocycles. The van der Waals surface area contributed by atoms with Crippen LogP contribution in [0.15, 0.2) is 24.3 Å². The molecule has 0 fully saturated rings. The molecule has 158 valence electrons. The Labute approximate surface area is 175 Å². The molecule has 4 nitrogen and oxygen atoms in total. The Morgan fingerprint density at radius 2 is 1.46 bits per heavy atom. The van der Waals surface area contributed by atoms with Crippen LogP contribution in [0.1, 0.15) is 94.8 Å². The lowest BCUT2D eigenvalue weighted by Crippen LogP contribution is -2.39. The molecule has 0 saturated carbocycles. The second kappa shape index (κ2) is 15.4. The number of halogens is 1. The van der Waals surface area contributed by atoms with E-state index in [1.165, 1.54) is 57.8 Å². The van der Waals surface area contributed by atoms with Crippen molar-refractivity contribution in [3.8, 4) is 0 Å². The van der Waals surface area contributed by atoms with Crippen LogP contribution >= 0.6 is 11.6 Å². The van der Waals surface area contributed by atoms with Crippen molar-refractivity contribution in [3.05, 3.63) is 34.9 Å². The largest absolute Gasteiger partial charge is 0.464 e. The van der Waals surface area contributed by atoms with E-state index in [0.717, 1.165) is 12.8 Å². The number of carbonyl (C=O) groups is 2. The van der Waals surface area contributed by atoms with Crippen LogP contribution in [0.3, 0.4) is 0 Å². The SMILES string of the molecule is CCCCCCCCCCCCCOC(=O)[C@H](C)NC(=O)c1ccccc1Cl. The fourth-order valence-corrected chi connectivity index (χ4v) is 3.26. The number of carbonyl (C=O) groups excluding carboxylic acids is 2. The minimum absolute atomic E-state index is 0.356. The van der Waals surface area contributed by atoms with E-state index >= 15 is 0 Å². The number of amides is 1. The highest BCUT2D eigenvalue weighted by Crippen LogP contribution is 2.15.